The Morgan fingerprint density at radius 1 is 1.04 bits per heavy atom. The van der Waals surface area contributed by atoms with Crippen molar-refractivity contribution >= 4 is 33.4 Å². The maximum atomic E-state index is 6.54. The normalized spacial score (nSPS) is 16.1. The number of fused-ring (bicyclic) bond motifs is 3. The summed E-state index contributed by atoms with van der Waals surface area (Å²) in [5.74, 6) is 1.35. The van der Waals surface area contributed by atoms with Crippen molar-refractivity contribution in [3.63, 3.8) is 0 Å². The van der Waals surface area contributed by atoms with E-state index >= 15 is 0 Å². The first-order valence-electron chi connectivity index (χ1n) is 9.90. The molecule has 1 atom stereocenters. The van der Waals surface area contributed by atoms with Crippen molar-refractivity contribution in [3.05, 3.63) is 59.8 Å². The maximum absolute atomic E-state index is 6.54. The lowest BCUT2D eigenvalue weighted by molar-refractivity contribution is 0.145. The van der Waals surface area contributed by atoms with Gasteiger partial charge in [0.15, 0.2) is 0 Å². The van der Waals surface area contributed by atoms with Gasteiger partial charge in [0.2, 0.25) is 5.88 Å². The van der Waals surface area contributed by atoms with Crippen molar-refractivity contribution in [1.82, 2.24) is 14.8 Å². The topological polar surface area (TPSA) is 39.9 Å². The van der Waals surface area contributed by atoms with Crippen LogP contribution in [0.15, 0.2) is 54.7 Å². The Balaban J connectivity index is 1.69. The lowest BCUT2D eigenvalue weighted by Crippen LogP contribution is -2.22. The summed E-state index contributed by atoms with van der Waals surface area (Å²) in [6.45, 7) is 2.18. The monoisotopic (exact) mass is 391 g/mol. The van der Waals surface area contributed by atoms with Gasteiger partial charge in [-0.3, -0.25) is 4.98 Å². The predicted molar refractivity (Wildman–Crippen MR) is 113 cm³/mol. The van der Waals surface area contributed by atoms with Crippen LogP contribution in [-0.2, 0) is 0 Å². The fourth-order valence-electron chi connectivity index (χ4n) is 4.22. The molecule has 28 heavy (non-hydrogen) atoms. The van der Waals surface area contributed by atoms with Gasteiger partial charge in [-0.25, -0.2) is 0 Å². The number of benzene rings is 2. The summed E-state index contributed by atoms with van der Waals surface area (Å²) >= 11 is 6.10. The zero-order valence-electron chi connectivity index (χ0n) is 15.8. The number of hydrogen-bond acceptors (Lipinski definition) is 3. The van der Waals surface area contributed by atoms with E-state index in [1.165, 1.54) is 25.7 Å². The van der Waals surface area contributed by atoms with E-state index in [-0.39, 0.29) is 6.10 Å². The van der Waals surface area contributed by atoms with Crippen LogP contribution in [0, 0.1) is 5.92 Å². The summed E-state index contributed by atoms with van der Waals surface area (Å²) in [5.41, 5.74) is 2.78. The number of halogens is 1. The number of pyridine rings is 1. The minimum atomic E-state index is 0.139. The van der Waals surface area contributed by atoms with Gasteiger partial charge < -0.3 is 4.74 Å². The predicted octanol–water partition coefficient (Wildman–Crippen LogP) is 6.18. The molecule has 0 saturated heterocycles. The number of nitrogens with zero attached hydrogens (tertiary/aromatic N) is 3. The zero-order valence-corrected chi connectivity index (χ0v) is 16.6. The van der Waals surface area contributed by atoms with E-state index in [1.807, 2.05) is 53.3 Å². The molecule has 4 nitrogen and oxygen atoms in total. The van der Waals surface area contributed by atoms with Gasteiger partial charge in [0, 0.05) is 16.6 Å². The molecular weight excluding hydrogens is 370 g/mol. The van der Waals surface area contributed by atoms with Crippen LogP contribution in [0.2, 0.25) is 5.02 Å². The average molecular weight is 392 g/mol. The number of aromatic nitrogens is 3. The Kier molecular flexibility index (Phi) is 4.44. The second kappa shape index (κ2) is 7.10. The molecule has 142 valence electrons. The smallest absolute Gasteiger partial charge is 0.226 e. The summed E-state index contributed by atoms with van der Waals surface area (Å²) in [6.07, 6.45) is 7.07. The van der Waals surface area contributed by atoms with Crippen LogP contribution >= 0.6 is 11.6 Å². The van der Waals surface area contributed by atoms with Crippen molar-refractivity contribution in [2.24, 2.45) is 5.92 Å². The second-order valence-corrected chi connectivity index (χ2v) is 8.03. The Morgan fingerprint density at radius 2 is 1.79 bits per heavy atom. The third-order valence-corrected chi connectivity index (χ3v) is 6.05. The molecule has 1 fully saturated rings. The fraction of sp³-hybridized carbons (Fsp3) is 0.304. The second-order valence-electron chi connectivity index (χ2n) is 7.60. The molecule has 5 heteroatoms. The Labute approximate surface area is 169 Å². The summed E-state index contributed by atoms with van der Waals surface area (Å²) in [7, 11) is 0. The van der Waals surface area contributed by atoms with Crippen molar-refractivity contribution in [1.29, 1.82) is 0 Å². The van der Waals surface area contributed by atoms with Crippen LogP contribution in [0.3, 0.4) is 0 Å². The van der Waals surface area contributed by atoms with Gasteiger partial charge in [0.05, 0.1) is 16.6 Å². The van der Waals surface area contributed by atoms with Crippen LogP contribution in [0.1, 0.15) is 32.6 Å². The summed E-state index contributed by atoms with van der Waals surface area (Å²) in [6, 6.07) is 15.8. The third kappa shape index (κ3) is 3.02. The van der Waals surface area contributed by atoms with Gasteiger partial charge in [-0.1, -0.05) is 42.6 Å². The first-order valence-corrected chi connectivity index (χ1v) is 10.3. The number of rotatable bonds is 4. The Bertz CT molecular complexity index is 1130. The van der Waals surface area contributed by atoms with Crippen molar-refractivity contribution in [2.75, 3.05) is 0 Å². The molecule has 1 unspecified atom stereocenters. The molecule has 0 aliphatic heterocycles. The highest BCUT2D eigenvalue weighted by molar-refractivity contribution is 6.30. The molecule has 1 aliphatic rings. The minimum absolute atomic E-state index is 0.139. The highest BCUT2D eigenvalue weighted by Crippen LogP contribution is 2.36. The van der Waals surface area contributed by atoms with E-state index in [0.717, 1.165) is 33.4 Å². The van der Waals surface area contributed by atoms with E-state index in [2.05, 4.69) is 18.0 Å². The lowest BCUT2D eigenvalue weighted by Gasteiger charge is -2.21. The molecule has 0 amide bonds. The number of hydrogen-bond donors (Lipinski definition) is 0. The highest BCUT2D eigenvalue weighted by atomic mass is 35.5. The molecule has 0 radical (unpaired) electrons. The molecule has 2 aromatic carbocycles. The molecule has 5 rings (SSSR count). The summed E-state index contributed by atoms with van der Waals surface area (Å²) in [5, 5.41) is 7.61. The van der Waals surface area contributed by atoms with Crippen molar-refractivity contribution in [3.8, 4) is 11.6 Å². The van der Waals surface area contributed by atoms with Crippen LogP contribution < -0.4 is 4.74 Å². The first-order chi connectivity index (χ1) is 13.7. The lowest BCUT2D eigenvalue weighted by atomic mass is 10.0. The zero-order chi connectivity index (χ0) is 19.1. The molecular formula is C23H22ClN3O. The Morgan fingerprint density at radius 3 is 2.57 bits per heavy atom. The number of para-hydroxylation sites is 1. The standard InChI is InChI=1S/C23H22ClN3O/c1-15(16-6-2-3-7-16)28-23-20-14-25-21-9-5-4-8-19(21)22(20)26-27(23)18-12-10-17(24)11-13-18/h4-5,8-16H,2-3,6-7H2,1H3. The molecule has 1 saturated carbocycles. The van der Waals surface area contributed by atoms with Gasteiger partial charge in [-0.15, -0.1) is 0 Å². The molecule has 4 aromatic rings. The van der Waals surface area contributed by atoms with Crippen LogP contribution in [0.5, 0.6) is 5.88 Å². The van der Waals surface area contributed by atoms with Crippen molar-refractivity contribution in [2.45, 2.75) is 38.7 Å². The number of ether oxygens (including phenoxy) is 1. The maximum Gasteiger partial charge on any atom is 0.226 e. The molecule has 2 aromatic heterocycles. The van der Waals surface area contributed by atoms with Crippen LogP contribution in [0.25, 0.3) is 27.5 Å². The molecule has 0 bridgehead atoms. The average Bonchev–Trinajstić information content (AvgIpc) is 3.37. The van der Waals surface area contributed by atoms with Crippen molar-refractivity contribution < 1.29 is 4.74 Å². The van der Waals surface area contributed by atoms with E-state index < -0.39 is 0 Å². The van der Waals surface area contributed by atoms with Gasteiger partial charge in [-0.05, 0) is 56.0 Å². The highest BCUT2D eigenvalue weighted by Gasteiger charge is 2.26. The molecule has 0 N–H and O–H groups in total. The van der Waals surface area contributed by atoms with E-state index in [1.54, 1.807) is 0 Å². The SMILES string of the molecule is CC(Oc1c2cnc3ccccc3c2nn1-c1ccc(Cl)cc1)C1CCCC1. The third-order valence-electron chi connectivity index (χ3n) is 5.80. The molecule has 2 heterocycles. The van der Waals surface area contributed by atoms with Gasteiger partial charge >= 0.3 is 0 Å². The van der Waals surface area contributed by atoms with Crippen LogP contribution in [-0.4, -0.2) is 20.9 Å². The van der Waals surface area contributed by atoms with Gasteiger partial charge in [-0.2, -0.15) is 9.78 Å². The molecule has 1 aliphatic carbocycles. The Hall–Kier alpha value is -2.59. The summed E-state index contributed by atoms with van der Waals surface area (Å²) in [4.78, 5) is 4.64. The summed E-state index contributed by atoms with van der Waals surface area (Å²) < 4.78 is 8.43. The largest absolute Gasteiger partial charge is 0.474 e. The van der Waals surface area contributed by atoms with E-state index in [0.29, 0.717) is 10.9 Å². The first kappa shape index (κ1) is 17.5. The van der Waals surface area contributed by atoms with E-state index in [9.17, 15) is 0 Å². The fourth-order valence-corrected chi connectivity index (χ4v) is 4.35. The quantitative estimate of drug-likeness (QED) is 0.416. The van der Waals surface area contributed by atoms with Gasteiger partial charge in [0.25, 0.3) is 0 Å². The molecule has 0 spiro atoms. The minimum Gasteiger partial charge on any atom is -0.474 e. The van der Waals surface area contributed by atoms with Crippen LogP contribution in [0.4, 0.5) is 0 Å². The van der Waals surface area contributed by atoms with Gasteiger partial charge in [0.1, 0.15) is 11.6 Å². The van der Waals surface area contributed by atoms with E-state index in [4.69, 9.17) is 21.4 Å².